The van der Waals surface area contributed by atoms with Crippen molar-refractivity contribution in [1.29, 1.82) is 0 Å². The molecule has 0 spiro atoms. The van der Waals surface area contributed by atoms with Crippen LogP contribution in [0.15, 0.2) is 42.6 Å². The first-order chi connectivity index (χ1) is 10.3. The van der Waals surface area contributed by atoms with Crippen LogP contribution in [-0.4, -0.2) is 11.7 Å². The van der Waals surface area contributed by atoms with Crippen molar-refractivity contribution in [3.63, 3.8) is 0 Å². The third-order valence-corrected chi connectivity index (χ3v) is 3.50. The minimum absolute atomic E-state index is 0.224. The highest BCUT2D eigenvalue weighted by Gasteiger charge is 2.30. The zero-order valence-electron chi connectivity index (χ0n) is 11.9. The number of aryl methyl sites for hydroxylation is 1. The van der Waals surface area contributed by atoms with Gasteiger partial charge in [0, 0.05) is 6.92 Å². The Balaban J connectivity index is 1.64. The lowest BCUT2D eigenvalue weighted by Gasteiger charge is -2.11. The van der Waals surface area contributed by atoms with Gasteiger partial charge in [-0.15, -0.1) is 0 Å². The van der Waals surface area contributed by atoms with Gasteiger partial charge >= 0.3 is 0 Å². The molecule has 4 nitrogen and oxygen atoms in total. The molecule has 1 atom stereocenters. The normalized spacial score (nSPS) is 17.3. The van der Waals surface area contributed by atoms with E-state index < -0.39 is 6.29 Å². The van der Waals surface area contributed by atoms with E-state index in [0.717, 1.165) is 16.7 Å². The molecular formula is C17H18NO3+. The molecule has 0 fully saturated rings. The van der Waals surface area contributed by atoms with Gasteiger partial charge in [0.1, 0.15) is 0 Å². The quantitative estimate of drug-likeness (QED) is 0.939. The molecule has 0 saturated carbocycles. The summed E-state index contributed by atoms with van der Waals surface area (Å²) in [4.78, 5) is 3.01. The van der Waals surface area contributed by atoms with Crippen LogP contribution in [0.2, 0.25) is 0 Å². The number of rotatable bonds is 4. The van der Waals surface area contributed by atoms with Crippen LogP contribution < -0.4 is 4.98 Å². The van der Waals surface area contributed by atoms with Crippen molar-refractivity contribution in [2.45, 2.75) is 19.8 Å². The largest absolute Gasteiger partial charge is 0.502 e. The fourth-order valence-electron chi connectivity index (χ4n) is 2.35. The van der Waals surface area contributed by atoms with E-state index in [4.69, 9.17) is 9.47 Å². The van der Waals surface area contributed by atoms with E-state index in [2.05, 4.69) is 4.98 Å². The summed E-state index contributed by atoms with van der Waals surface area (Å²) in [6.45, 7) is 2.70. The molecule has 1 aromatic carbocycles. The van der Waals surface area contributed by atoms with Gasteiger partial charge in [-0.3, -0.25) is 0 Å². The number of hydrogen-bond acceptors (Lipinski definition) is 3. The second-order valence-corrected chi connectivity index (χ2v) is 4.99. The number of nitrogens with one attached hydrogen (secondary N) is 1. The first kappa shape index (κ1) is 13.8. The van der Waals surface area contributed by atoms with Crippen LogP contribution in [0.3, 0.4) is 0 Å². The van der Waals surface area contributed by atoms with Crippen LogP contribution in [0.1, 0.15) is 28.7 Å². The van der Waals surface area contributed by atoms with E-state index in [1.54, 1.807) is 0 Å². The Bertz CT molecular complexity index is 653. The first-order valence-corrected chi connectivity index (χ1v) is 6.93. The molecular weight excluding hydrogens is 266 g/mol. The SMILES string of the molecule is Cc1[nH+]cc2c(c1O)C(OC/C=C/c1ccccc1)OC2. The second-order valence-electron chi connectivity index (χ2n) is 4.99. The van der Waals surface area contributed by atoms with Gasteiger partial charge in [0.15, 0.2) is 18.2 Å². The van der Waals surface area contributed by atoms with Crippen molar-refractivity contribution in [3.8, 4) is 5.75 Å². The van der Waals surface area contributed by atoms with Crippen molar-refractivity contribution in [1.82, 2.24) is 0 Å². The zero-order valence-corrected chi connectivity index (χ0v) is 11.9. The highest BCUT2D eigenvalue weighted by Crippen LogP contribution is 2.37. The van der Waals surface area contributed by atoms with Gasteiger partial charge in [-0.25, -0.2) is 4.98 Å². The van der Waals surface area contributed by atoms with Gasteiger partial charge in [-0.2, -0.15) is 0 Å². The van der Waals surface area contributed by atoms with Gasteiger partial charge in [-0.05, 0) is 5.56 Å². The molecule has 1 aliphatic rings. The number of fused-ring (bicyclic) bond motifs is 1. The average molecular weight is 284 g/mol. The maximum absolute atomic E-state index is 10.1. The molecule has 2 N–H and O–H groups in total. The molecule has 0 saturated heterocycles. The van der Waals surface area contributed by atoms with Crippen molar-refractivity contribution in [2.75, 3.05) is 6.61 Å². The molecule has 0 amide bonds. The fourth-order valence-corrected chi connectivity index (χ4v) is 2.35. The van der Waals surface area contributed by atoms with Gasteiger partial charge < -0.3 is 14.6 Å². The minimum Gasteiger partial charge on any atom is -0.502 e. The Morgan fingerprint density at radius 1 is 1.38 bits per heavy atom. The fraction of sp³-hybridized carbons (Fsp3) is 0.235. The lowest BCUT2D eigenvalue weighted by Crippen LogP contribution is -2.11. The van der Waals surface area contributed by atoms with Crippen LogP contribution >= 0.6 is 0 Å². The van der Waals surface area contributed by atoms with Crippen LogP contribution in [0.25, 0.3) is 6.08 Å². The molecule has 1 unspecified atom stereocenters. The Morgan fingerprint density at radius 2 is 2.19 bits per heavy atom. The summed E-state index contributed by atoms with van der Waals surface area (Å²) in [6, 6.07) is 10.0. The van der Waals surface area contributed by atoms with Crippen molar-refractivity contribution < 1.29 is 19.6 Å². The van der Waals surface area contributed by atoms with E-state index >= 15 is 0 Å². The number of hydrogen-bond donors (Lipinski definition) is 1. The van der Waals surface area contributed by atoms with Gasteiger partial charge in [0.05, 0.1) is 24.3 Å². The maximum Gasteiger partial charge on any atom is 0.219 e. The summed E-state index contributed by atoms with van der Waals surface area (Å²) in [5.41, 5.74) is 3.52. The number of pyridine rings is 1. The summed E-state index contributed by atoms with van der Waals surface area (Å²) in [5, 5.41) is 10.1. The summed E-state index contributed by atoms with van der Waals surface area (Å²) >= 11 is 0. The standard InChI is InChI=1S/C17H17NO3/c1-12-16(19)15-14(10-18-12)11-21-17(15)20-9-5-8-13-6-3-2-4-7-13/h2-8,10,17,19H,9,11H2,1H3/p+1/b8-5+. The number of ether oxygens (including phenoxy) is 2. The molecule has 2 aromatic rings. The molecule has 4 heteroatoms. The molecule has 2 heterocycles. The average Bonchev–Trinajstić information content (AvgIpc) is 2.92. The third kappa shape index (κ3) is 2.96. The van der Waals surface area contributed by atoms with E-state index in [-0.39, 0.29) is 5.75 Å². The van der Waals surface area contributed by atoms with E-state index in [1.165, 1.54) is 0 Å². The minimum atomic E-state index is -0.506. The number of aromatic amines is 1. The predicted molar refractivity (Wildman–Crippen MR) is 78.4 cm³/mol. The lowest BCUT2D eigenvalue weighted by atomic mass is 10.1. The summed E-state index contributed by atoms with van der Waals surface area (Å²) in [6.07, 6.45) is 5.29. The van der Waals surface area contributed by atoms with Crippen LogP contribution in [-0.2, 0) is 16.1 Å². The van der Waals surface area contributed by atoms with Gasteiger partial charge in [0.25, 0.3) is 0 Å². The molecule has 0 bridgehead atoms. The predicted octanol–water partition coefficient (Wildman–Crippen LogP) is 2.77. The Kier molecular flexibility index (Phi) is 3.99. The number of aromatic hydroxyl groups is 1. The monoisotopic (exact) mass is 284 g/mol. The van der Waals surface area contributed by atoms with E-state index in [9.17, 15) is 5.11 Å². The molecule has 1 aliphatic heterocycles. The topological polar surface area (TPSA) is 52.8 Å². The summed E-state index contributed by atoms with van der Waals surface area (Å²) < 4.78 is 11.3. The van der Waals surface area contributed by atoms with Crippen LogP contribution in [0.5, 0.6) is 5.75 Å². The molecule has 1 aromatic heterocycles. The van der Waals surface area contributed by atoms with E-state index in [0.29, 0.717) is 18.9 Å². The van der Waals surface area contributed by atoms with E-state index in [1.807, 2.05) is 55.6 Å². The number of aromatic nitrogens is 1. The molecule has 3 rings (SSSR count). The molecule has 108 valence electrons. The van der Waals surface area contributed by atoms with Crippen LogP contribution in [0.4, 0.5) is 0 Å². The highest BCUT2D eigenvalue weighted by atomic mass is 16.7. The third-order valence-electron chi connectivity index (χ3n) is 3.50. The van der Waals surface area contributed by atoms with Crippen molar-refractivity contribution in [3.05, 3.63) is 65.0 Å². The molecule has 21 heavy (non-hydrogen) atoms. The van der Waals surface area contributed by atoms with Gasteiger partial charge in [0.2, 0.25) is 5.69 Å². The van der Waals surface area contributed by atoms with Crippen LogP contribution in [0, 0.1) is 6.92 Å². The maximum atomic E-state index is 10.1. The zero-order chi connectivity index (χ0) is 14.7. The number of H-pyrrole nitrogens is 1. The number of benzene rings is 1. The second kappa shape index (κ2) is 6.08. The van der Waals surface area contributed by atoms with Gasteiger partial charge in [-0.1, -0.05) is 42.5 Å². The van der Waals surface area contributed by atoms with Crippen molar-refractivity contribution >= 4 is 6.08 Å². The summed E-state index contributed by atoms with van der Waals surface area (Å²) in [5.74, 6) is 0.224. The van der Waals surface area contributed by atoms with Crippen molar-refractivity contribution in [2.24, 2.45) is 0 Å². The molecule has 0 radical (unpaired) electrons. The Labute approximate surface area is 123 Å². The summed E-state index contributed by atoms with van der Waals surface area (Å²) in [7, 11) is 0. The first-order valence-electron chi connectivity index (χ1n) is 6.93. The smallest absolute Gasteiger partial charge is 0.219 e. The Hall–Kier alpha value is -2.17. The highest BCUT2D eigenvalue weighted by molar-refractivity contribution is 5.48. The molecule has 0 aliphatic carbocycles. The Morgan fingerprint density at radius 3 is 3.00 bits per heavy atom. The lowest BCUT2D eigenvalue weighted by molar-refractivity contribution is -0.389.